The molecule has 3 N–H and O–H groups in total. The number of aliphatic carboxylic acids is 1. The second kappa shape index (κ2) is 9.23. The molecule has 2 aliphatic rings. The highest BCUT2D eigenvalue weighted by Crippen LogP contribution is 2.33. The number of carboxylic acids is 1. The minimum atomic E-state index is -3.61. The lowest BCUT2D eigenvalue weighted by atomic mass is 9.82. The Morgan fingerprint density at radius 3 is 2.48 bits per heavy atom. The summed E-state index contributed by atoms with van der Waals surface area (Å²) in [6.45, 7) is 2.02. The first-order valence-corrected chi connectivity index (χ1v) is 11.5. The zero-order valence-corrected chi connectivity index (χ0v) is 17.3. The van der Waals surface area contributed by atoms with Crippen molar-refractivity contribution in [1.82, 2.24) is 9.21 Å². The number of primary amides is 1. The molecule has 3 unspecified atom stereocenters. The number of carbonyl (C=O) groups is 2. The first-order chi connectivity index (χ1) is 13.8. The summed E-state index contributed by atoms with van der Waals surface area (Å²) in [6.07, 6.45) is 2.84. The van der Waals surface area contributed by atoms with Gasteiger partial charge in [0.2, 0.25) is 15.9 Å². The van der Waals surface area contributed by atoms with Crippen LogP contribution in [0.1, 0.15) is 32.1 Å². The van der Waals surface area contributed by atoms with E-state index in [-0.39, 0.29) is 35.1 Å². The number of hydrogen-bond acceptors (Lipinski definition) is 5. The predicted molar refractivity (Wildman–Crippen MR) is 107 cm³/mol. The zero-order valence-electron chi connectivity index (χ0n) is 16.4. The molecule has 2 heterocycles. The number of carboxylic acid groups (broad SMARTS) is 1. The van der Waals surface area contributed by atoms with Gasteiger partial charge < -0.3 is 10.8 Å². The van der Waals surface area contributed by atoms with Gasteiger partial charge in [-0.25, -0.2) is 8.42 Å². The molecular weight excluding hydrogens is 394 g/mol. The van der Waals surface area contributed by atoms with Crippen molar-refractivity contribution in [2.24, 2.45) is 17.6 Å². The van der Waals surface area contributed by atoms with Crippen LogP contribution in [0.5, 0.6) is 0 Å². The Bertz CT molecular complexity index is 830. The molecule has 0 aliphatic carbocycles. The van der Waals surface area contributed by atoms with E-state index in [9.17, 15) is 23.1 Å². The van der Waals surface area contributed by atoms with Gasteiger partial charge in [0.25, 0.3) is 0 Å². The molecule has 2 aliphatic heterocycles. The van der Waals surface area contributed by atoms with Crippen molar-refractivity contribution in [3.63, 3.8) is 0 Å². The molecule has 8 nitrogen and oxygen atoms in total. The number of nitrogens with zero attached hydrogens (tertiary/aromatic N) is 2. The maximum atomic E-state index is 13.0. The SMILES string of the molecule is NC(=O)C1CCCN1CCC1CN(S(=O)(=O)c2ccccc2)CCC1CC(=O)O. The minimum Gasteiger partial charge on any atom is -0.481 e. The van der Waals surface area contributed by atoms with Crippen LogP contribution in [-0.2, 0) is 19.6 Å². The second-order valence-corrected chi connectivity index (χ2v) is 9.91. The zero-order chi connectivity index (χ0) is 21.0. The molecule has 29 heavy (non-hydrogen) atoms. The highest BCUT2D eigenvalue weighted by Gasteiger charge is 2.37. The summed E-state index contributed by atoms with van der Waals surface area (Å²) in [4.78, 5) is 25.2. The van der Waals surface area contributed by atoms with Crippen LogP contribution in [0.25, 0.3) is 0 Å². The molecule has 160 valence electrons. The summed E-state index contributed by atoms with van der Waals surface area (Å²) in [6, 6.07) is 8.04. The summed E-state index contributed by atoms with van der Waals surface area (Å²) in [5.74, 6) is -1.35. The quantitative estimate of drug-likeness (QED) is 0.646. The number of amides is 1. The summed E-state index contributed by atoms with van der Waals surface area (Å²) in [5, 5.41) is 9.28. The van der Waals surface area contributed by atoms with E-state index < -0.39 is 16.0 Å². The number of piperidine rings is 1. The molecule has 0 bridgehead atoms. The van der Waals surface area contributed by atoms with Gasteiger partial charge in [-0.3, -0.25) is 14.5 Å². The predicted octanol–water partition coefficient (Wildman–Crippen LogP) is 1.13. The molecule has 0 radical (unpaired) electrons. The average molecular weight is 424 g/mol. The number of benzene rings is 1. The van der Waals surface area contributed by atoms with Crippen LogP contribution in [0.3, 0.4) is 0 Å². The summed E-state index contributed by atoms with van der Waals surface area (Å²) in [7, 11) is -3.61. The van der Waals surface area contributed by atoms with Crippen molar-refractivity contribution in [2.75, 3.05) is 26.2 Å². The molecular formula is C20H29N3O5S. The van der Waals surface area contributed by atoms with Gasteiger partial charge in [0.1, 0.15) is 0 Å². The van der Waals surface area contributed by atoms with Crippen LogP contribution in [0.2, 0.25) is 0 Å². The number of likely N-dealkylation sites (tertiary alicyclic amines) is 1. The van der Waals surface area contributed by atoms with Crippen LogP contribution < -0.4 is 5.73 Å². The van der Waals surface area contributed by atoms with E-state index in [1.165, 1.54) is 4.31 Å². The Kier molecular flexibility index (Phi) is 6.92. The number of nitrogens with two attached hydrogens (primary N) is 1. The number of hydrogen-bond donors (Lipinski definition) is 2. The van der Waals surface area contributed by atoms with Crippen molar-refractivity contribution in [1.29, 1.82) is 0 Å². The van der Waals surface area contributed by atoms with E-state index >= 15 is 0 Å². The maximum absolute atomic E-state index is 13.0. The van der Waals surface area contributed by atoms with E-state index in [0.717, 1.165) is 19.4 Å². The Hall–Kier alpha value is -1.97. The van der Waals surface area contributed by atoms with Gasteiger partial charge in [-0.1, -0.05) is 18.2 Å². The van der Waals surface area contributed by atoms with Crippen molar-refractivity contribution in [3.8, 4) is 0 Å². The van der Waals surface area contributed by atoms with Gasteiger partial charge >= 0.3 is 5.97 Å². The Morgan fingerprint density at radius 2 is 1.83 bits per heavy atom. The summed E-state index contributed by atoms with van der Waals surface area (Å²) in [5.41, 5.74) is 5.49. The second-order valence-electron chi connectivity index (χ2n) is 7.97. The Labute approximate surface area is 171 Å². The molecule has 1 aromatic rings. The van der Waals surface area contributed by atoms with Crippen LogP contribution in [0.15, 0.2) is 35.2 Å². The van der Waals surface area contributed by atoms with Crippen molar-refractivity contribution in [2.45, 2.75) is 43.0 Å². The number of rotatable bonds is 8. The van der Waals surface area contributed by atoms with Crippen LogP contribution in [0, 0.1) is 11.8 Å². The fourth-order valence-electron chi connectivity index (χ4n) is 4.57. The fraction of sp³-hybridized carbons (Fsp3) is 0.600. The third kappa shape index (κ3) is 5.15. The maximum Gasteiger partial charge on any atom is 0.303 e. The minimum absolute atomic E-state index is 0.0309. The topological polar surface area (TPSA) is 121 Å². The van der Waals surface area contributed by atoms with E-state index in [2.05, 4.69) is 0 Å². The summed E-state index contributed by atoms with van der Waals surface area (Å²) < 4.78 is 27.5. The van der Waals surface area contributed by atoms with Crippen molar-refractivity contribution < 1.29 is 23.1 Å². The highest BCUT2D eigenvalue weighted by molar-refractivity contribution is 7.89. The van der Waals surface area contributed by atoms with Gasteiger partial charge in [0.15, 0.2) is 0 Å². The third-order valence-electron chi connectivity index (χ3n) is 6.15. The smallest absolute Gasteiger partial charge is 0.303 e. The van der Waals surface area contributed by atoms with Crippen LogP contribution in [0.4, 0.5) is 0 Å². The lowest BCUT2D eigenvalue weighted by molar-refractivity contribution is -0.139. The first kappa shape index (κ1) is 21.7. The molecule has 1 aromatic carbocycles. The third-order valence-corrected chi connectivity index (χ3v) is 8.03. The van der Waals surface area contributed by atoms with Gasteiger partial charge in [0, 0.05) is 19.5 Å². The van der Waals surface area contributed by atoms with Gasteiger partial charge in [-0.15, -0.1) is 0 Å². The first-order valence-electron chi connectivity index (χ1n) is 10.1. The van der Waals surface area contributed by atoms with E-state index in [1.807, 2.05) is 4.90 Å². The molecule has 9 heteroatoms. The molecule has 3 rings (SSSR count). The normalized spacial score (nSPS) is 26.4. The molecule has 0 aromatic heterocycles. The lowest BCUT2D eigenvalue weighted by Gasteiger charge is -2.38. The van der Waals surface area contributed by atoms with Gasteiger partial charge in [-0.2, -0.15) is 4.31 Å². The molecule has 0 spiro atoms. The standard InChI is InChI=1S/C20H29N3O5S/c21-20(26)18-7-4-10-22(18)11-8-16-14-23(12-9-15(16)13-19(24)25)29(27,28)17-5-2-1-3-6-17/h1-3,5-6,15-16,18H,4,7-14H2,(H2,21,26)(H,24,25). The largest absolute Gasteiger partial charge is 0.481 e. The Balaban J connectivity index is 1.72. The van der Waals surface area contributed by atoms with Crippen LogP contribution in [-0.4, -0.2) is 66.8 Å². The highest BCUT2D eigenvalue weighted by atomic mass is 32.2. The number of carbonyl (C=O) groups excluding carboxylic acids is 1. The number of sulfonamides is 1. The van der Waals surface area contributed by atoms with E-state index in [0.29, 0.717) is 32.5 Å². The summed E-state index contributed by atoms with van der Waals surface area (Å²) >= 11 is 0. The van der Waals surface area contributed by atoms with Gasteiger partial charge in [-0.05, 0) is 62.7 Å². The van der Waals surface area contributed by atoms with Crippen molar-refractivity contribution >= 4 is 21.9 Å². The fourth-order valence-corrected chi connectivity index (χ4v) is 6.11. The van der Waals surface area contributed by atoms with Crippen molar-refractivity contribution in [3.05, 3.63) is 30.3 Å². The van der Waals surface area contributed by atoms with Gasteiger partial charge in [0.05, 0.1) is 10.9 Å². The molecule has 3 atom stereocenters. The molecule has 2 saturated heterocycles. The molecule has 2 fully saturated rings. The van der Waals surface area contributed by atoms with E-state index in [1.54, 1.807) is 30.3 Å². The lowest BCUT2D eigenvalue weighted by Crippen LogP contribution is -2.46. The molecule has 1 amide bonds. The van der Waals surface area contributed by atoms with E-state index in [4.69, 9.17) is 5.73 Å². The average Bonchev–Trinajstić information content (AvgIpc) is 3.16. The Morgan fingerprint density at radius 1 is 1.10 bits per heavy atom. The van der Waals surface area contributed by atoms with Crippen LogP contribution >= 0.6 is 0 Å². The monoisotopic (exact) mass is 423 g/mol. The molecule has 0 saturated carbocycles.